The number of nitrogens with zero attached hydrogens (tertiary/aromatic N) is 2. The first-order valence-electron chi connectivity index (χ1n) is 7.50. The van der Waals surface area contributed by atoms with E-state index >= 15 is 0 Å². The fourth-order valence-electron chi connectivity index (χ4n) is 3.19. The summed E-state index contributed by atoms with van der Waals surface area (Å²) in [6.07, 6.45) is 5.47. The van der Waals surface area contributed by atoms with Crippen LogP contribution in [0.3, 0.4) is 0 Å². The molecule has 1 N–H and O–H groups in total. The number of nitrogens with one attached hydrogen (secondary N) is 1. The van der Waals surface area contributed by atoms with Gasteiger partial charge in [0.15, 0.2) is 0 Å². The summed E-state index contributed by atoms with van der Waals surface area (Å²) in [5, 5.41) is 3.54. The van der Waals surface area contributed by atoms with Crippen LogP contribution >= 0.6 is 0 Å². The summed E-state index contributed by atoms with van der Waals surface area (Å²) in [5.41, 5.74) is 0. The monoisotopic (exact) mass is 239 g/mol. The predicted molar refractivity (Wildman–Crippen MR) is 73.4 cm³/mol. The Labute approximate surface area is 107 Å². The van der Waals surface area contributed by atoms with Crippen molar-refractivity contribution in [3.05, 3.63) is 0 Å². The first-order valence-corrected chi connectivity index (χ1v) is 7.50. The zero-order valence-corrected chi connectivity index (χ0v) is 11.6. The summed E-state index contributed by atoms with van der Waals surface area (Å²) >= 11 is 0. The molecule has 0 aromatic rings. The molecule has 3 heteroatoms. The van der Waals surface area contributed by atoms with E-state index in [0.29, 0.717) is 6.04 Å². The van der Waals surface area contributed by atoms with E-state index in [1.807, 2.05) is 0 Å². The van der Waals surface area contributed by atoms with Crippen molar-refractivity contribution in [2.45, 2.75) is 51.6 Å². The molecule has 0 bridgehead atoms. The van der Waals surface area contributed by atoms with Gasteiger partial charge in [0.05, 0.1) is 0 Å². The molecule has 2 aliphatic rings. The summed E-state index contributed by atoms with van der Waals surface area (Å²) in [6.45, 7) is 12.2. The Hall–Kier alpha value is -0.120. The third kappa shape index (κ3) is 3.67. The number of rotatable bonds is 6. The van der Waals surface area contributed by atoms with Crippen molar-refractivity contribution in [1.29, 1.82) is 0 Å². The highest BCUT2D eigenvalue weighted by molar-refractivity contribution is 4.88. The summed E-state index contributed by atoms with van der Waals surface area (Å²) in [5.74, 6) is 0. The van der Waals surface area contributed by atoms with Crippen molar-refractivity contribution >= 4 is 0 Å². The van der Waals surface area contributed by atoms with Gasteiger partial charge in [-0.05, 0) is 52.2 Å². The zero-order valence-electron chi connectivity index (χ0n) is 11.6. The van der Waals surface area contributed by atoms with Gasteiger partial charge in [0.1, 0.15) is 0 Å². The van der Waals surface area contributed by atoms with Crippen molar-refractivity contribution in [2.24, 2.45) is 0 Å². The van der Waals surface area contributed by atoms with E-state index < -0.39 is 0 Å². The van der Waals surface area contributed by atoms with Crippen LogP contribution in [0.15, 0.2) is 0 Å². The molecule has 0 radical (unpaired) electrons. The minimum atomic E-state index is 0.703. The van der Waals surface area contributed by atoms with E-state index in [4.69, 9.17) is 0 Å². The molecule has 0 spiro atoms. The summed E-state index contributed by atoms with van der Waals surface area (Å²) in [7, 11) is 0. The average molecular weight is 239 g/mol. The lowest BCUT2D eigenvalue weighted by Gasteiger charge is -2.27. The highest BCUT2D eigenvalue weighted by Crippen LogP contribution is 2.21. The first kappa shape index (κ1) is 13.3. The second-order valence-corrected chi connectivity index (χ2v) is 5.73. The summed E-state index contributed by atoms with van der Waals surface area (Å²) in [6, 6.07) is 1.56. The van der Waals surface area contributed by atoms with Crippen molar-refractivity contribution in [2.75, 3.05) is 39.3 Å². The number of hydrogen-bond acceptors (Lipinski definition) is 3. The fraction of sp³-hybridized carbons (Fsp3) is 1.00. The van der Waals surface area contributed by atoms with Crippen LogP contribution in [0.25, 0.3) is 0 Å². The lowest BCUT2D eigenvalue weighted by Crippen LogP contribution is -2.42. The van der Waals surface area contributed by atoms with Crippen molar-refractivity contribution in [3.8, 4) is 0 Å². The molecule has 2 unspecified atom stereocenters. The van der Waals surface area contributed by atoms with Gasteiger partial charge in [-0.15, -0.1) is 0 Å². The van der Waals surface area contributed by atoms with E-state index in [1.54, 1.807) is 0 Å². The number of likely N-dealkylation sites (tertiary alicyclic amines) is 2. The highest BCUT2D eigenvalue weighted by atomic mass is 15.3. The zero-order chi connectivity index (χ0) is 12.1. The summed E-state index contributed by atoms with van der Waals surface area (Å²) in [4.78, 5) is 5.39. The van der Waals surface area contributed by atoms with E-state index in [2.05, 4.69) is 29.0 Å². The van der Waals surface area contributed by atoms with Crippen LogP contribution in [0, 0.1) is 0 Å². The van der Waals surface area contributed by atoms with Gasteiger partial charge in [0.2, 0.25) is 0 Å². The highest BCUT2D eigenvalue weighted by Gasteiger charge is 2.30. The van der Waals surface area contributed by atoms with Gasteiger partial charge in [0, 0.05) is 31.7 Å². The van der Waals surface area contributed by atoms with E-state index in [9.17, 15) is 0 Å². The maximum Gasteiger partial charge on any atom is 0.0235 e. The normalized spacial score (nSPS) is 28.9. The Morgan fingerprint density at radius 2 is 2.00 bits per heavy atom. The third-order valence-electron chi connectivity index (χ3n) is 4.34. The molecule has 17 heavy (non-hydrogen) atoms. The second-order valence-electron chi connectivity index (χ2n) is 5.73. The molecule has 2 rings (SSSR count). The van der Waals surface area contributed by atoms with Gasteiger partial charge in [-0.2, -0.15) is 0 Å². The molecule has 2 atom stereocenters. The average Bonchev–Trinajstić information content (AvgIpc) is 3.00. The van der Waals surface area contributed by atoms with Gasteiger partial charge in [-0.1, -0.05) is 6.92 Å². The van der Waals surface area contributed by atoms with Crippen LogP contribution in [0.2, 0.25) is 0 Å². The molecule has 0 amide bonds. The second kappa shape index (κ2) is 6.72. The van der Waals surface area contributed by atoms with Crippen molar-refractivity contribution in [1.82, 2.24) is 15.1 Å². The quantitative estimate of drug-likeness (QED) is 0.710. The molecule has 2 saturated heterocycles. The standard InChI is InChI=1S/C14H29N3/c1-3-7-15-11-13(2)17-10-6-14(12-17)16-8-4-5-9-16/h13-15H,3-12H2,1-2H3. The fourth-order valence-corrected chi connectivity index (χ4v) is 3.19. The minimum absolute atomic E-state index is 0.703. The molecule has 2 heterocycles. The number of hydrogen-bond donors (Lipinski definition) is 1. The Kier molecular flexibility index (Phi) is 5.26. The van der Waals surface area contributed by atoms with Gasteiger partial charge < -0.3 is 5.32 Å². The first-order chi connectivity index (χ1) is 8.31. The largest absolute Gasteiger partial charge is 0.315 e. The SMILES string of the molecule is CCCNCC(C)N1CCC(N2CCCC2)C1. The predicted octanol–water partition coefficient (Wildman–Crippen LogP) is 1.54. The van der Waals surface area contributed by atoms with Crippen LogP contribution in [0.4, 0.5) is 0 Å². The Bertz CT molecular complexity index is 214. The Morgan fingerprint density at radius 3 is 2.71 bits per heavy atom. The molecule has 0 aliphatic carbocycles. The molecule has 100 valence electrons. The topological polar surface area (TPSA) is 18.5 Å². The smallest absolute Gasteiger partial charge is 0.0235 e. The molecule has 2 fully saturated rings. The minimum Gasteiger partial charge on any atom is -0.315 e. The van der Waals surface area contributed by atoms with Gasteiger partial charge >= 0.3 is 0 Å². The molecular formula is C14H29N3. The maximum absolute atomic E-state index is 3.54. The van der Waals surface area contributed by atoms with E-state index in [1.165, 1.54) is 51.9 Å². The molecular weight excluding hydrogens is 210 g/mol. The molecule has 0 aromatic carbocycles. The Morgan fingerprint density at radius 1 is 1.24 bits per heavy atom. The molecule has 0 saturated carbocycles. The van der Waals surface area contributed by atoms with Crippen LogP contribution in [-0.4, -0.2) is 61.2 Å². The lowest BCUT2D eigenvalue weighted by atomic mass is 10.2. The van der Waals surface area contributed by atoms with E-state index in [-0.39, 0.29) is 0 Å². The van der Waals surface area contributed by atoms with Crippen LogP contribution in [0.5, 0.6) is 0 Å². The summed E-state index contributed by atoms with van der Waals surface area (Å²) < 4.78 is 0. The Balaban J connectivity index is 1.69. The van der Waals surface area contributed by atoms with Crippen molar-refractivity contribution < 1.29 is 0 Å². The van der Waals surface area contributed by atoms with Gasteiger partial charge in [-0.25, -0.2) is 0 Å². The van der Waals surface area contributed by atoms with Gasteiger partial charge in [-0.3, -0.25) is 9.80 Å². The maximum atomic E-state index is 3.54. The van der Waals surface area contributed by atoms with E-state index in [0.717, 1.165) is 19.1 Å². The van der Waals surface area contributed by atoms with Crippen LogP contribution in [0.1, 0.15) is 39.5 Å². The van der Waals surface area contributed by atoms with Crippen molar-refractivity contribution in [3.63, 3.8) is 0 Å². The third-order valence-corrected chi connectivity index (χ3v) is 4.34. The van der Waals surface area contributed by atoms with Crippen LogP contribution in [-0.2, 0) is 0 Å². The lowest BCUT2D eigenvalue weighted by molar-refractivity contribution is 0.204. The molecule has 2 aliphatic heterocycles. The molecule has 3 nitrogen and oxygen atoms in total. The molecule has 0 aromatic heterocycles. The van der Waals surface area contributed by atoms with Crippen LogP contribution < -0.4 is 5.32 Å². The van der Waals surface area contributed by atoms with Gasteiger partial charge in [0.25, 0.3) is 0 Å².